The van der Waals surface area contributed by atoms with Crippen molar-refractivity contribution in [3.63, 3.8) is 0 Å². The molecule has 2 aliphatic heterocycles. The molecule has 3 rings (SSSR count). The van der Waals surface area contributed by atoms with Gasteiger partial charge in [0.05, 0.1) is 7.11 Å². The van der Waals surface area contributed by atoms with Crippen molar-refractivity contribution in [3.8, 4) is 5.75 Å². The van der Waals surface area contributed by atoms with Crippen LogP contribution >= 0.6 is 24.0 Å². The molecule has 1 aromatic rings. The molecule has 2 N–H and O–H groups in total. The van der Waals surface area contributed by atoms with Gasteiger partial charge in [-0.3, -0.25) is 0 Å². The molecule has 111 valence electrons. The topological polar surface area (TPSA) is 52.6 Å². The molecule has 0 spiro atoms. The number of fused-ring (bicyclic) bond motifs is 1. The van der Waals surface area contributed by atoms with Gasteiger partial charge in [-0.25, -0.2) is 5.32 Å². The van der Waals surface area contributed by atoms with Gasteiger partial charge in [-0.05, 0) is 48.9 Å². The van der Waals surface area contributed by atoms with E-state index in [-0.39, 0.29) is 0 Å². The quantitative estimate of drug-likeness (QED) is 0.861. The summed E-state index contributed by atoms with van der Waals surface area (Å²) >= 11 is 7.26. The van der Waals surface area contributed by atoms with Crippen LogP contribution in [0.3, 0.4) is 0 Å². The van der Waals surface area contributed by atoms with E-state index in [0.29, 0.717) is 17.7 Å². The maximum Gasteiger partial charge on any atom is 0.200 e. The van der Waals surface area contributed by atoms with E-state index >= 15 is 0 Å². The first-order valence-electron chi connectivity index (χ1n) is 6.96. The van der Waals surface area contributed by atoms with Gasteiger partial charge >= 0.3 is 0 Å². The van der Waals surface area contributed by atoms with Crippen molar-refractivity contribution in [2.24, 2.45) is 5.73 Å². The highest BCUT2D eigenvalue weighted by molar-refractivity contribution is 7.99. The second-order valence-corrected chi connectivity index (χ2v) is 6.51. The lowest BCUT2D eigenvalue weighted by Gasteiger charge is -2.34. The number of benzene rings is 1. The molecule has 0 aromatic heterocycles. The Hall–Kier alpha value is -1.24. The van der Waals surface area contributed by atoms with Crippen LogP contribution in [0.5, 0.6) is 5.75 Å². The number of ether oxygens (including phenoxy) is 1. The summed E-state index contributed by atoms with van der Waals surface area (Å²) < 4.78 is 5.33. The van der Waals surface area contributed by atoms with Crippen LogP contribution in [0.1, 0.15) is 12.0 Å². The van der Waals surface area contributed by atoms with Crippen molar-refractivity contribution < 1.29 is 4.74 Å². The van der Waals surface area contributed by atoms with Crippen molar-refractivity contribution in [2.45, 2.75) is 23.8 Å². The maximum atomic E-state index is 5.69. The minimum Gasteiger partial charge on any atom is -0.497 e. The predicted molar refractivity (Wildman–Crippen MR) is 89.5 cm³/mol. The highest BCUT2D eigenvalue weighted by Gasteiger charge is 2.32. The summed E-state index contributed by atoms with van der Waals surface area (Å²) in [6.45, 7) is 0.616. The van der Waals surface area contributed by atoms with Crippen molar-refractivity contribution in [3.05, 3.63) is 35.7 Å². The monoisotopic (exact) mass is 320 g/mol. The Bertz CT molecular complexity index is 588. The van der Waals surface area contributed by atoms with E-state index in [1.54, 1.807) is 7.11 Å². The molecule has 0 unspecified atom stereocenters. The smallest absolute Gasteiger partial charge is 0.200 e. The molecule has 0 bridgehead atoms. The summed E-state index contributed by atoms with van der Waals surface area (Å²) in [7, 11) is 1.70. The third-order valence-electron chi connectivity index (χ3n) is 3.76. The number of hydrogen-bond acceptors (Lipinski definition) is 4. The highest BCUT2D eigenvalue weighted by atomic mass is 32.2. The van der Waals surface area contributed by atoms with Gasteiger partial charge < -0.3 is 15.4 Å². The minimum atomic E-state index is 0.339. The van der Waals surface area contributed by atoms with Gasteiger partial charge in [-0.2, -0.15) is 0 Å². The molecule has 2 heterocycles. The zero-order valence-electron chi connectivity index (χ0n) is 11.9. The van der Waals surface area contributed by atoms with Crippen LogP contribution in [0.15, 0.2) is 35.0 Å². The average Bonchev–Trinajstić information content (AvgIpc) is 2.87. The van der Waals surface area contributed by atoms with Crippen molar-refractivity contribution >= 4 is 29.1 Å². The number of thiocarbonyl (C=S) groups is 1. The van der Waals surface area contributed by atoms with Crippen LogP contribution in [0.25, 0.3) is 0 Å². The number of nitrogens with two attached hydrogens (primary N) is 1. The molecule has 0 saturated heterocycles. The van der Waals surface area contributed by atoms with E-state index in [2.05, 4.69) is 22.3 Å². The molecule has 4 nitrogen and oxygen atoms in total. The summed E-state index contributed by atoms with van der Waals surface area (Å²) in [5, 5.41) is 4.95. The first kappa shape index (κ1) is 14.7. The van der Waals surface area contributed by atoms with Gasteiger partial charge in [0.15, 0.2) is 5.11 Å². The maximum absolute atomic E-state index is 5.69. The van der Waals surface area contributed by atoms with E-state index in [1.807, 2.05) is 24.0 Å². The molecule has 0 fully saturated rings. The van der Waals surface area contributed by atoms with Crippen LogP contribution < -0.4 is 15.8 Å². The van der Waals surface area contributed by atoms with Gasteiger partial charge in [-0.1, -0.05) is 0 Å². The molecular weight excluding hydrogens is 302 g/mol. The Morgan fingerprint density at radius 3 is 3.14 bits per heavy atom. The zero-order chi connectivity index (χ0) is 14.8. The van der Waals surface area contributed by atoms with Gasteiger partial charge in [0.1, 0.15) is 5.75 Å². The Morgan fingerprint density at radius 1 is 1.52 bits per heavy atom. The number of nitrogens with zero attached hydrogens (tertiary/aromatic N) is 2. The fourth-order valence-corrected chi connectivity index (χ4v) is 4.20. The van der Waals surface area contributed by atoms with Crippen molar-refractivity contribution in [2.75, 3.05) is 19.4 Å². The van der Waals surface area contributed by atoms with Crippen LogP contribution in [0.4, 0.5) is 0 Å². The second-order valence-electron chi connectivity index (χ2n) is 5.08. The van der Waals surface area contributed by atoms with E-state index in [4.69, 9.17) is 22.7 Å². The number of methoxy groups -OCH3 is 1. The van der Waals surface area contributed by atoms with Crippen LogP contribution in [-0.4, -0.2) is 35.5 Å². The third kappa shape index (κ3) is 2.88. The van der Waals surface area contributed by atoms with E-state index in [9.17, 15) is 0 Å². The Labute approximate surface area is 134 Å². The molecule has 1 radical (unpaired) electrons. The number of hydrogen-bond donors (Lipinski definition) is 1. The zero-order valence-corrected chi connectivity index (χ0v) is 13.5. The lowest BCUT2D eigenvalue weighted by atomic mass is 10.0. The molecular formula is C15H18N3OS2. The summed E-state index contributed by atoms with van der Waals surface area (Å²) in [6.07, 6.45) is 3.63. The van der Waals surface area contributed by atoms with Crippen LogP contribution in [0, 0.1) is 0 Å². The molecule has 0 amide bonds. The lowest BCUT2D eigenvalue weighted by molar-refractivity contribution is 0.392. The normalized spacial score (nSPS) is 20.9. The van der Waals surface area contributed by atoms with Gasteiger partial charge in [0.25, 0.3) is 0 Å². The van der Waals surface area contributed by atoms with Gasteiger partial charge in [0, 0.05) is 35.0 Å². The molecule has 2 aliphatic rings. The molecule has 1 aromatic carbocycles. The molecule has 6 heteroatoms. The lowest BCUT2D eigenvalue weighted by Crippen LogP contribution is -2.42. The SMILES string of the molecule is COc1ccc2c(c1)C[C@@H](N1C(=S)[N]C=C1CCN)CS2. The largest absolute Gasteiger partial charge is 0.497 e. The Morgan fingerprint density at radius 2 is 2.38 bits per heavy atom. The van der Waals surface area contributed by atoms with E-state index in [1.165, 1.54) is 10.5 Å². The molecule has 0 saturated carbocycles. The van der Waals surface area contributed by atoms with E-state index in [0.717, 1.165) is 30.0 Å². The third-order valence-corrected chi connectivity index (χ3v) is 5.32. The number of thioether (sulfide) groups is 1. The Balaban J connectivity index is 1.81. The first-order valence-corrected chi connectivity index (χ1v) is 8.35. The van der Waals surface area contributed by atoms with E-state index < -0.39 is 0 Å². The van der Waals surface area contributed by atoms with Crippen LogP contribution in [-0.2, 0) is 6.42 Å². The second kappa shape index (κ2) is 6.25. The van der Waals surface area contributed by atoms with Crippen molar-refractivity contribution in [1.29, 1.82) is 0 Å². The summed E-state index contributed by atoms with van der Waals surface area (Å²) in [6, 6.07) is 6.61. The minimum absolute atomic E-state index is 0.339. The summed E-state index contributed by atoms with van der Waals surface area (Å²) in [4.78, 5) is 3.51. The fraction of sp³-hybridized carbons (Fsp3) is 0.400. The molecule has 1 atom stereocenters. The fourth-order valence-electron chi connectivity index (χ4n) is 2.75. The summed E-state index contributed by atoms with van der Waals surface area (Å²) in [5.74, 6) is 1.91. The van der Waals surface area contributed by atoms with Crippen LogP contribution in [0.2, 0.25) is 0 Å². The van der Waals surface area contributed by atoms with Gasteiger partial charge in [-0.15, -0.1) is 11.8 Å². The first-order chi connectivity index (χ1) is 10.2. The molecule has 21 heavy (non-hydrogen) atoms. The van der Waals surface area contributed by atoms with Gasteiger partial charge in [0.2, 0.25) is 0 Å². The molecule has 0 aliphatic carbocycles. The standard InChI is InChI=1S/C15H18N3OS2/c1-19-13-2-3-14-10(7-13)6-12(9-21-14)18-11(4-5-16)8-17-15(18)20/h2-3,7-8,12H,4-6,9,16H2,1H3/t12-/m1/s1. The Kier molecular flexibility index (Phi) is 4.37. The highest BCUT2D eigenvalue weighted by Crippen LogP contribution is 2.36. The average molecular weight is 320 g/mol. The van der Waals surface area contributed by atoms with Crippen molar-refractivity contribution in [1.82, 2.24) is 10.2 Å². The summed E-state index contributed by atoms with van der Waals surface area (Å²) in [5.41, 5.74) is 8.14. The predicted octanol–water partition coefficient (Wildman–Crippen LogP) is 2.11. The number of rotatable bonds is 4.